The van der Waals surface area contributed by atoms with E-state index in [1.54, 1.807) is 18.4 Å². The largest absolute Gasteiger partial charge is 0.293 e. The van der Waals surface area contributed by atoms with E-state index in [1.165, 1.54) is 15.9 Å². The van der Waals surface area contributed by atoms with Crippen LogP contribution in [-0.4, -0.2) is 21.1 Å². The van der Waals surface area contributed by atoms with Crippen molar-refractivity contribution in [3.63, 3.8) is 0 Å². The van der Waals surface area contributed by atoms with Crippen LogP contribution in [0.25, 0.3) is 10.2 Å². The van der Waals surface area contributed by atoms with Gasteiger partial charge in [-0.15, -0.1) is 11.3 Å². The maximum atomic E-state index is 13.7. The molecular formula is C16H12F2N2O2S2. The fourth-order valence-corrected chi connectivity index (χ4v) is 3.96. The van der Waals surface area contributed by atoms with Gasteiger partial charge in [-0.2, -0.15) is 0 Å². The maximum Gasteiger partial charge on any atom is 0.272 e. The van der Waals surface area contributed by atoms with Gasteiger partial charge < -0.3 is 0 Å². The van der Waals surface area contributed by atoms with Crippen LogP contribution in [0.1, 0.15) is 17.3 Å². The first-order valence-corrected chi connectivity index (χ1v) is 8.97. The lowest BCUT2D eigenvalue weighted by Crippen LogP contribution is -2.22. The van der Waals surface area contributed by atoms with E-state index in [2.05, 4.69) is 4.98 Å². The van der Waals surface area contributed by atoms with Crippen LogP contribution in [0, 0.1) is 11.6 Å². The van der Waals surface area contributed by atoms with E-state index in [4.69, 9.17) is 0 Å². The van der Waals surface area contributed by atoms with Crippen molar-refractivity contribution in [3.05, 3.63) is 57.2 Å². The summed E-state index contributed by atoms with van der Waals surface area (Å²) in [5, 5.41) is 2.17. The normalized spacial score (nSPS) is 11.1. The molecule has 4 nitrogen and oxygen atoms in total. The van der Waals surface area contributed by atoms with Gasteiger partial charge in [-0.25, -0.2) is 13.8 Å². The highest BCUT2D eigenvalue weighted by Gasteiger charge is 2.16. The van der Waals surface area contributed by atoms with Gasteiger partial charge in [-0.1, -0.05) is 11.8 Å². The minimum Gasteiger partial charge on any atom is -0.293 e. The quantitative estimate of drug-likeness (QED) is 0.392. The van der Waals surface area contributed by atoms with Crippen LogP contribution in [0.5, 0.6) is 0 Å². The average molecular weight is 366 g/mol. The van der Waals surface area contributed by atoms with Gasteiger partial charge in [0.1, 0.15) is 16.3 Å². The molecule has 124 valence electrons. The summed E-state index contributed by atoms with van der Waals surface area (Å²) in [5.41, 5.74) is 0.107. The summed E-state index contributed by atoms with van der Waals surface area (Å²) in [6.45, 7) is 2.21. The van der Waals surface area contributed by atoms with Gasteiger partial charge in [0.05, 0.1) is 16.8 Å². The minimum atomic E-state index is -0.767. The van der Waals surface area contributed by atoms with Crippen LogP contribution < -0.4 is 5.56 Å². The number of hydrogen-bond donors (Lipinski definition) is 0. The van der Waals surface area contributed by atoms with Crippen molar-refractivity contribution in [3.8, 4) is 0 Å². The number of aromatic nitrogens is 2. The van der Waals surface area contributed by atoms with E-state index in [1.807, 2.05) is 0 Å². The zero-order valence-corrected chi connectivity index (χ0v) is 14.2. The zero-order chi connectivity index (χ0) is 17.3. The average Bonchev–Trinajstić information content (AvgIpc) is 3.03. The number of nitrogens with zero attached hydrogens (tertiary/aromatic N) is 2. The van der Waals surface area contributed by atoms with Gasteiger partial charge >= 0.3 is 0 Å². The molecule has 0 unspecified atom stereocenters. The highest BCUT2D eigenvalue weighted by molar-refractivity contribution is 7.99. The third-order valence-electron chi connectivity index (χ3n) is 3.41. The van der Waals surface area contributed by atoms with E-state index in [0.717, 1.165) is 30.0 Å². The van der Waals surface area contributed by atoms with Gasteiger partial charge in [0.15, 0.2) is 10.9 Å². The Labute approximate surface area is 144 Å². The van der Waals surface area contributed by atoms with Crippen LogP contribution in [-0.2, 0) is 6.54 Å². The lowest BCUT2D eigenvalue weighted by molar-refractivity contribution is 0.101. The topological polar surface area (TPSA) is 52.0 Å². The second kappa shape index (κ2) is 6.82. The number of benzene rings is 1. The summed E-state index contributed by atoms with van der Waals surface area (Å²) in [7, 11) is 0. The molecule has 0 amide bonds. The van der Waals surface area contributed by atoms with E-state index in [9.17, 15) is 18.4 Å². The smallest absolute Gasteiger partial charge is 0.272 e. The van der Waals surface area contributed by atoms with Crippen LogP contribution in [0.4, 0.5) is 8.78 Å². The molecule has 0 N–H and O–H groups in total. The molecule has 0 aliphatic carbocycles. The first-order chi connectivity index (χ1) is 11.5. The minimum absolute atomic E-state index is 0.136. The molecule has 2 aromatic heterocycles. The molecule has 24 heavy (non-hydrogen) atoms. The van der Waals surface area contributed by atoms with Crippen LogP contribution in [0.3, 0.4) is 0 Å². The highest BCUT2D eigenvalue weighted by atomic mass is 32.2. The summed E-state index contributed by atoms with van der Waals surface area (Å²) < 4.78 is 28.9. The van der Waals surface area contributed by atoms with Crippen LogP contribution in [0.2, 0.25) is 0 Å². The van der Waals surface area contributed by atoms with Gasteiger partial charge in [0.25, 0.3) is 5.56 Å². The first-order valence-electron chi connectivity index (χ1n) is 7.10. The second-order valence-electron chi connectivity index (χ2n) is 4.91. The van der Waals surface area contributed by atoms with Crippen molar-refractivity contribution in [2.24, 2.45) is 0 Å². The molecule has 1 aromatic carbocycles. The SMILES string of the molecule is CCn1c(SCC(=O)c2cc(F)ccc2F)nc2ccsc2c1=O. The van der Waals surface area contributed by atoms with Crippen molar-refractivity contribution in [1.29, 1.82) is 0 Å². The number of thiophene rings is 1. The molecule has 0 bridgehead atoms. The van der Waals surface area contributed by atoms with E-state index < -0.39 is 17.4 Å². The summed E-state index contributed by atoms with van der Waals surface area (Å²) >= 11 is 2.35. The molecule has 0 saturated carbocycles. The summed E-state index contributed by atoms with van der Waals surface area (Å²) in [6.07, 6.45) is 0. The summed E-state index contributed by atoms with van der Waals surface area (Å²) in [6, 6.07) is 4.49. The molecule has 3 aromatic rings. The Morgan fingerprint density at radius 2 is 2.12 bits per heavy atom. The first kappa shape index (κ1) is 16.8. The molecule has 0 saturated heterocycles. The lowest BCUT2D eigenvalue weighted by Gasteiger charge is -2.09. The number of Topliss-reactive ketones (excluding diaryl/α,β-unsaturated/α-hetero) is 1. The molecule has 0 aliphatic rings. The third-order valence-corrected chi connectivity index (χ3v) is 5.28. The van der Waals surface area contributed by atoms with Crippen LogP contribution in [0.15, 0.2) is 39.6 Å². The van der Waals surface area contributed by atoms with E-state index >= 15 is 0 Å². The highest BCUT2D eigenvalue weighted by Crippen LogP contribution is 2.22. The zero-order valence-electron chi connectivity index (χ0n) is 12.6. The Morgan fingerprint density at radius 3 is 2.88 bits per heavy atom. The fourth-order valence-electron chi connectivity index (χ4n) is 2.23. The summed E-state index contributed by atoms with van der Waals surface area (Å²) in [5.74, 6) is -2.13. The standard InChI is InChI=1S/C16H12F2N2O2S2/c1-2-20-15(22)14-12(5-6-23-14)19-16(20)24-8-13(21)10-7-9(17)3-4-11(10)18/h3-7H,2,8H2,1H3. The van der Waals surface area contributed by atoms with Crippen molar-refractivity contribution in [1.82, 2.24) is 9.55 Å². The number of ketones is 1. The van der Waals surface area contributed by atoms with Crippen LogP contribution >= 0.6 is 23.1 Å². The monoisotopic (exact) mass is 366 g/mol. The van der Waals surface area contributed by atoms with Crippen molar-refractivity contribution >= 4 is 39.1 Å². The van der Waals surface area contributed by atoms with Crippen molar-refractivity contribution in [2.45, 2.75) is 18.6 Å². The number of carbonyl (C=O) groups is 1. The molecule has 3 rings (SSSR count). The van der Waals surface area contributed by atoms with Crippen molar-refractivity contribution < 1.29 is 13.6 Å². The molecule has 8 heteroatoms. The number of halogens is 2. The number of carbonyl (C=O) groups excluding carboxylic acids is 1. The molecule has 2 heterocycles. The molecule has 0 aliphatic heterocycles. The van der Waals surface area contributed by atoms with E-state index in [0.29, 0.717) is 21.9 Å². The van der Waals surface area contributed by atoms with Gasteiger partial charge in [-0.3, -0.25) is 14.2 Å². The molecule has 0 atom stereocenters. The Morgan fingerprint density at radius 1 is 1.33 bits per heavy atom. The Balaban J connectivity index is 1.89. The van der Waals surface area contributed by atoms with Crippen molar-refractivity contribution in [2.75, 3.05) is 5.75 Å². The summed E-state index contributed by atoms with van der Waals surface area (Å²) in [4.78, 5) is 28.9. The molecule has 0 spiro atoms. The Hall–Kier alpha value is -2.06. The van der Waals surface area contributed by atoms with Gasteiger partial charge in [0, 0.05) is 6.54 Å². The lowest BCUT2D eigenvalue weighted by atomic mass is 10.1. The fraction of sp³-hybridized carbons (Fsp3) is 0.188. The number of rotatable bonds is 5. The molecule has 0 radical (unpaired) electrons. The van der Waals surface area contributed by atoms with Gasteiger partial charge in [0.2, 0.25) is 0 Å². The predicted molar refractivity (Wildman–Crippen MR) is 91.0 cm³/mol. The Bertz CT molecular complexity index is 982. The van der Waals surface area contributed by atoms with Gasteiger partial charge in [-0.05, 0) is 36.6 Å². The number of thioether (sulfide) groups is 1. The van der Waals surface area contributed by atoms with E-state index in [-0.39, 0.29) is 16.9 Å². The Kier molecular flexibility index (Phi) is 4.77. The number of fused-ring (bicyclic) bond motifs is 1. The molecular weight excluding hydrogens is 354 g/mol. The predicted octanol–water partition coefficient (Wildman–Crippen LogP) is 3.73. The second-order valence-corrected chi connectivity index (χ2v) is 6.77. The third kappa shape index (κ3) is 3.11. The molecule has 0 fully saturated rings. The number of hydrogen-bond acceptors (Lipinski definition) is 5. The maximum absolute atomic E-state index is 13.7.